The van der Waals surface area contributed by atoms with Gasteiger partial charge in [-0.15, -0.1) is 0 Å². The molecule has 0 saturated carbocycles. The van der Waals surface area contributed by atoms with Gasteiger partial charge in [-0.25, -0.2) is 4.99 Å². The quantitative estimate of drug-likeness (QED) is 0.594. The summed E-state index contributed by atoms with van der Waals surface area (Å²) in [4.78, 5) is 4.04. The summed E-state index contributed by atoms with van der Waals surface area (Å²) in [7, 11) is 0. The Morgan fingerprint density at radius 3 is 3.10 bits per heavy atom. The maximum Gasteiger partial charge on any atom is 0.193 e. The summed E-state index contributed by atoms with van der Waals surface area (Å²) in [6, 6.07) is 0. The Kier molecular flexibility index (Phi) is 2.27. The van der Waals surface area contributed by atoms with Crippen molar-refractivity contribution in [3.63, 3.8) is 0 Å². The molecule has 0 amide bonds. The van der Waals surface area contributed by atoms with E-state index >= 15 is 0 Å². The van der Waals surface area contributed by atoms with Crippen LogP contribution in [0.15, 0.2) is 4.99 Å². The lowest BCUT2D eigenvalue weighted by atomic mass is 10.3. The SMILES string of the molecule is CCCOC1(C)COC=N1. The normalized spacial score (nSPS) is 30.6. The summed E-state index contributed by atoms with van der Waals surface area (Å²) in [6.45, 7) is 5.29. The van der Waals surface area contributed by atoms with E-state index in [9.17, 15) is 0 Å². The van der Waals surface area contributed by atoms with Gasteiger partial charge in [0.25, 0.3) is 0 Å². The first kappa shape index (κ1) is 7.54. The molecule has 0 bridgehead atoms. The largest absolute Gasteiger partial charge is 0.478 e. The summed E-state index contributed by atoms with van der Waals surface area (Å²) < 4.78 is 10.4. The lowest BCUT2D eigenvalue weighted by Gasteiger charge is -2.18. The maximum absolute atomic E-state index is 5.42. The van der Waals surface area contributed by atoms with Crippen molar-refractivity contribution in [1.29, 1.82) is 0 Å². The second kappa shape index (κ2) is 3.01. The zero-order valence-electron chi connectivity index (χ0n) is 6.46. The zero-order valence-corrected chi connectivity index (χ0v) is 6.46. The van der Waals surface area contributed by atoms with Crippen LogP contribution < -0.4 is 0 Å². The molecular weight excluding hydrogens is 130 g/mol. The van der Waals surface area contributed by atoms with Crippen LogP contribution in [0.25, 0.3) is 0 Å². The number of aliphatic imine (C=N–C) groups is 1. The lowest BCUT2D eigenvalue weighted by Crippen LogP contribution is -2.28. The van der Waals surface area contributed by atoms with Gasteiger partial charge < -0.3 is 9.47 Å². The monoisotopic (exact) mass is 143 g/mol. The van der Waals surface area contributed by atoms with E-state index in [1.807, 2.05) is 6.92 Å². The number of hydrogen-bond acceptors (Lipinski definition) is 3. The average Bonchev–Trinajstić information content (AvgIpc) is 2.33. The zero-order chi connectivity index (χ0) is 7.45. The molecule has 0 saturated heterocycles. The van der Waals surface area contributed by atoms with Gasteiger partial charge in [-0.2, -0.15) is 0 Å². The molecule has 0 aromatic heterocycles. The van der Waals surface area contributed by atoms with Gasteiger partial charge in [0, 0.05) is 6.61 Å². The minimum atomic E-state index is -0.407. The fourth-order valence-electron chi connectivity index (χ4n) is 0.779. The molecule has 0 fully saturated rings. The molecule has 0 spiro atoms. The van der Waals surface area contributed by atoms with E-state index in [2.05, 4.69) is 11.9 Å². The molecule has 1 rings (SSSR count). The van der Waals surface area contributed by atoms with Crippen molar-refractivity contribution in [2.75, 3.05) is 13.2 Å². The molecule has 1 unspecified atom stereocenters. The van der Waals surface area contributed by atoms with E-state index in [1.54, 1.807) is 0 Å². The van der Waals surface area contributed by atoms with Gasteiger partial charge in [-0.05, 0) is 13.3 Å². The van der Waals surface area contributed by atoms with Gasteiger partial charge >= 0.3 is 0 Å². The van der Waals surface area contributed by atoms with E-state index in [0.29, 0.717) is 6.61 Å². The Bertz CT molecular complexity index is 136. The molecule has 1 aliphatic rings. The van der Waals surface area contributed by atoms with Crippen LogP contribution in [0.1, 0.15) is 20.3 Å². The first-order chi connectivity index (χ1) is 4.77. The van der Waals surface area contributed by atoms with Crippen LogP contribution in [0.2, 0.25) is 0 Å². The number of hydrogen-bond donors (Lipinski definition) is 0. The number of nitrogens with zero attached hydrogens (tertiary/aromatic N) is 1. The van der Waals surface area contributed by atoms with Crippen LogP contribution in [0.4, 0.5) is 0 Å². The second-order valence-corrected chi connectivity index (χ2v) is 2.57. The van der Waals surface area contributed by atoms with Crippen molar-refractivity contribution in [1.82, 2.24) is 0 Å². The predicted octanol–water partition coefficient (Wildman–Crippen LogP) is 1.19. The van der Waals surface area contributed by atoms with Crippen molar-refractivity contribution >= 4 is 6.40 Å². The first-order valence-electron chi connectivity index (χ1n) is 3.56. The van der Waals surface area contributed by atoms with Crippen LogP contribution >= 0.6 is 0 Å². The smallest absolute Gasteiger partial charge is 0.193 e. The predicted molar refractivity (Wildman–Crippen MR) is 39.1 cm³/mol. The molecule has 0 aliphatic carbocycles. The molecule has 1 atom stereocenters. The van der Waals surface area contributed by atoms with Gasteiger partial charge in [-0.3, -0.25) is 0 Å². The molecule has 0 aromatic carbocycles. The summed E-state index contributed by atoms with van der Waals surface area (Å²) in [5.41, 5.74) is -0.407. The Hall–Kier alpha value is -0.570. The number of ether oxygens (including phenoxy) is 2. The highest BCUT2D eigenvalue weighted by Crippen LogP contribution is 2.16. The van der Waals surface area contributed by atoms with E-state index in [-0.39, 0.29) is 0 Å². The standard InChI is InChI=1S/C7H13NO2/c1-3-4-10-7(2)5-9-6-8-7/h6H,3-5H2,1-2H3. The van der Waals surface area contributed by atoms with Crippen LogP contribution in [0.5, 0.6) is 0 Å². The average molecular weight is 143 g/mol. The highest BCUT2D eigenvalue weighted by atomic mass is 16.6. The molecule has 10 heavy (non-hydrogen) atoms. The van der Waals surface area contributed by atoms with Crippen molar-refractivity contribution in [2.45, 2.75) is 26.0 Å². The van der Waals surface area contributed by atoms with Gasteiger partial charge in [0.2, 0.25) is 0 Å². The molecule has 0 N–H and O–H groups in total. The number of rotatable bonds is 3. The summed E-state index contributed by atoms with van der Waals surface area (Å²) >= 11 is 0. The van der Waals surface area contributed by atoms with Gasteiger partial charge in [0.15, 0.2) is 12.1 Å². The molecule has 58 valence electrons. The minimum Gasteiger partial charge on any atom is -0.478 e. The Balaban J connectivity index is 2.30. The first-order valence-corrected chi connectivity index (χ1v) is 3.56. The van der Waals surface area contributed by atoms with E-state index in [4.69, 9.17) is 9.47 Å². The third kappa shape index (κ3) is 1.70. The highest BCUT2D eigenvalue weighted by Gasteiger charge is 2.27. The van der Waals surface area contributed by atoms with E-state index in [0.717, 1.165) is 13.0 Å². The second-order valence-electron chi connectivity index (χ2n) is 2.57. The highest BCUT2D eigenvalue weighted by molar-refractivity contribution is 5.49. The summed E-state index contributed by atoms with van der Waals surface area (Å²) in [5, 5.41) is 0. The van der Waals surface area contributed by atoms with Crippen LogP contribution in [0, 0.1) is 0 Å². The summed E-state index contributed by atoms with van der Waals surface area (Å²) in [6.07, 6.45) is 2.47. The van der Waals surface area contributed by atoms with E-state index < -0.39 is 5.72 Å². The van der Waals surface area contributed by atoms with Crippen LogP contribution in [-0.2, 0) is 9.47 Å². The third-order valence-electron chi connectivity index (χ3n) is 1.37. The molecule has 1 heterocycles. The third-order valence-corrected chi connectivity index (χ3v) is 1.37. The van der Waals surface area contributed by atoms with Gasteiger partial charge in [-0.1, -0.05) is 6.92 Å². The van der Waals surface area contributed by atoms with Crippen LogP contribution in [0.3, 0.4) is 0 Å². The van der Waals surface area contributed by atoms with Gasteiger partial charge in [0.1, 0.15) is 6.61 Å². The fraction of sp³-hybridized carbons (Fsp3) is 0.857. The minimum absolute atomic E-state index is 0.407. The van der Waals surface area contributed by atoms with Crippen molar-refractivity contribution < 1.29 is 9.47 Å². The Morgan fingerprint density at radius 2 is 2.60 bits per heavy atom. The molecule has 3 nitrogen and oxygen atoms in total. The molecular formula is C7H13NO2. The Labute approximate surface area is 61.0 Å². The summed E-state index contributed by atoms with van der Waals surface area (Å²) in [5.74, 6) is 0. The molecule has 0 aromatic rings. The van der Waals surface area contributed by atoms with Gasteiger partial charge in [0.05, 0.1) is 0 Å². The molecule has 0 radical (unpaired) electrons. The van der Waals surface area contributed by atoms with Crippen molar-refractivity contribution in [3.05, 3.63) is 0 Å². The van der Waals surface area contributed by atoms with Crippen molar-refractivity contribution in [2.24, 2.45) is 4.99 Å². The lowest BCUT2D eigenvalue weighted by molar-refractivity contribution is -0.0389. The molecule has 3 heteroatoms. The molecule has 1 aliphatic heterocycles. The van der Waals surface area contributed by atoms with Crippen molar-refractivity contribution in [3.8, 4) is 0 Å². The Morgan fingerprint density at radius 1 is 1.80 bits per heavy atom. The maximum atomic E-state index is 5.42. The van der Waals surface area contributed by atoms with Crippen LogP contribution in [-0.4, -0.2) is 25.3 Å². The fourth-order valence-corrected chi connectivity index (χ4v) is 0.779. The van der Waals surface area contributed by atoms with E-state index in [1.165, 1.54) is 6.40 Å². The topological polar surface area (TPSA) is 30.8 Å².